The highest BCUT2D eigenvalue weighted by Crippen LogP contribution is 2.02. The molecule has 1 atom stereocenters. The number of unbranched alkanes of at least 4 members (excludes halogenated alkanes) is 2. The summed E-state index contributed by atoms with van der Waals surface area (Å²) in [4.78, 5) is 24.2. The van der Waals surface area contributed by atoms with Gasteiger partial charge in [0.2, 0.25) is 5.91 Å². The highest BCUT2D eigenvalue weighted by atomic mass is 16.4. The van der Waals surface area contributed by atoms with Crippen LogP contribution in [0, 0.1) is 0 Å². The van der Waals surface area contributed by atoms with Crippen LogP contribution in [-0.4, -0.2) is 47.6 Å². The van der Waals surface area contributed by atoms with Crippen molar-refractivity contribution in [3.05, 3.63) is 0 Å². The highest BCUT2D eigenvalue weighted by molar-refractivity contribution is 5.79. The maximum Gasteiger partial charge on any atom is 0.317 e. The van der Waals surface area contributed by atoms with E-state index in [-0.39, 0.29) is 25.0 Å². The summed E-state index contributed by atoms with van der Waals surface area (Å²) in [7, 11) is 0. The van der Waals surface area contributed by atoms with E-state index in [4.69, 9.17) is 5.11 Å². The predicted octanol–water partition coefficient (Wildman–Crippen LogP) is 1.87. The number of amides is 1. The van der Waals surface area contributed by atoms with Crippen molar-refractivity contribution in [3.63, 3.8) is 0 Å². The van der Waals surface area contributed by atoms with E-state index in [1.807, 2.05) is 13.8 Å². The van der Waals surface area contributed by atoms with E-state index in [0.29, 0.717) is 6.54 Å². The van der Waals surface area contributed by atoms with Gasteiger partial charge in [-0.1, -0.05) is 33.1 Å². The van der Waals surface area contributed by atoms with Crippen LogP contribution in [0.2, 0.25) is 0 Å². The zero-order valence-electron chi connectivity index (χ0n) is 12.4. The summed E-state index contributed by atoms with van der Waals surface area (Å²) in [5.74, 6) is -0.976. The normalized spacial score (nSPS) is 12.4. The van der Waals surface area contributed by atoms with Gasteiger partial charge < -0.3 is 10.4 Å². The Labute approximate surface area is 116 Å². The Balaban J connectivity index is 3.99. The second-order valence-corrected chi connectivity index (χ2v) is 5.07. The Morgan fingerprint density at radius 3 is 2.37 bits per heavy atom. The first kappa shape index (κ1) is 17.9. The molecular formula is C14H28N2O3. The number of carboxylic acid groups (broad SMARTS) is 1. The molecule has 1 unspecified atom stereocenters. The number of hydrogen-bond acceptors (Lipinski definition) is 3. The van der Waals surface area contributed by atoms with Crippen LogP contribution in [0.4, 0.5) is 0 Å². The lowest BCUT2D eigenvalue weighted by atomic mass is 10.1. The minimum atomic E-state index is -0.891. The molecule has 0 saturated carbocycles. The van der Waals surface area contributed by atoms with Crippen molar-refractivity contribution in [2.75, 3.05) is 19.6 Å². The number of aliphatic carboxylic acids is 1. The maximum atomic E-state index is 11.8. The Bertz CT molecular complexity index is 269. The van der Waals surface area contributed by atoms with E-state index >= 15 is 0 Å². The van der Waals surface area contributed by atoms with Gasteiger partial charge in [-0.15, -0.1) is 0 Å². The van der Waals surface area contributed by atoms with E-state index in [1.54, 1.807) is 4.90 Å². The van der Waals surface area contributed by atoms with Crippen molar-refractivity contribution >= 4 is 11.9 Å². The molecule has 5 nitrogen and oxygen atoms in total. The number of nitrogens with zero attached hydrogens (tertiary/aromatic N) is 1. The summed E-state index contributed by atoms with van der Waals surface area (Å²) in [6, 6.07) is 0.160. The number of nitrogens with one attached hydrogen (secondary N) is 1. The Hall–Kier alpha value is -1.10. The molecule has 0 aromatic carbocycles. The zero-order valence-corrected chi connectivity index (χ0v) is 12.4. The van der Waals surface area contributed by atoms with Crippen LogP contribution in [-0.2, 0) is 9.59 Å². The second-order valence-electron chi connectivity index (χ2n) is 5.07. The average Bonchev–Trinajstić information content (AvgIpc) is 2.28. The van der Waals surface area contributed by atoms with Crippen LogP contribution in [0.3, 0.4) is 0 Å². The minimum Gasteiger partial charge on any atom is -0.480 e. The van der Waals surface area contributed by atoms with Gasteiger partial charge in [0.25, 0.3) is 0 Å². The molecule has 2 N–H and O–H groups in total. The van der Waals surface area contributed by atoms with Crippen LogP contribution >= 0.6 is 0 Å². The third-order valence-corrected chi connectivity index (χ3v) is 2.91. The average molecular weight is 272 g/mol. The molecule has 5 heteroatoms. The van der Waals surface area contributed by atoms with Gasteiger partial charge in [-0.25, -0.2) is 0 Å². The van der Waals surface area contributed by atoms with E-state index < -0.39 is 5.97 Å². The monoisotopic (exact) mass is 272 g/mol. The van der Waals surface area contributed by atoms with Gasteiger partial charge in [-0.05, 0) is 26.3 Å². The lowest BCUT2D eigenvalue weighted by Crippen LogP contribution is -2.43. The standard InChI is InChI=1S/C14H28N2O3/c1-4-6-7-8-12(3)15-13(17)10-16(9-5-2)11-14(18)19/h12H,4-11H2,1-3H3,(H,15,17)(H,18,19). The molecule has 112 valence electrons. The topological polar surface area (TPSA) is 69.6 Å². The first-order chi connectivity index (χ1) is 8.99. The Morgan fingerprint density at radius 2 is 1.84 bits per heavy atom. The lowest BCUT2D eigenvalue weighted by Gasteiger charge is -2.20. The molecule has 1 amide bonds. The van der Waals surface area contributed by atoms with Crippen molar-refractivity contribution in [2.45, 2.75) is 58.9 Å². The third kappa shape index (κ3) is 10.5. The number of carbonyl (C=O) groups excluding carboxylic acids is 1. The molecule has 0 heterocycles. The highest BCUT2D eigenvalue weighted by Gasteiger charge is 2.14. The molecule has 0 saturated heterocycles. The minimum absolute atomic E-state index is 0.0779. The van der Waals surface area contributed by atoms with Crippen LogP contribution in [0.1, 0.15) is 52.9 Å². The SMILES string of the molecule is CCCCCC(C)NC(=O)CN(CCC)CC(=O)O. The zero-order chi connectivity index (χ0) is 14.7. The van der Waals surface area contributed by atoms with Gasteiger partial charge in [-0.3, -0.25) is 14.5 Å². The maximum absolute atomic E-state index is 11.8. The van der Waals surface area contributed by atoms with Crippen LogP contribution in [0.15, 0.2) is 0 Å². The van der Waals surface area contributed by atoms with Crippen LogP contribution in [0.25, 0.3) is 0 Å². The summed E-state index contributed by atoms with van der Waals surface area (Å²) in [5, 5.41) is 11.7. The summed E-state index contributed by atoms with van der Waals surface area (Å²) in [5.41, 5.74) is 0. The van der Waals surface area contributed by atoms with E-state index in [2.05, 4.69) is 12.2 Å². The van der Waals surface area contributed by atoms with Crippen LogP contribution < -0.4 is 5.32 Å². The largest absolute Gasteiger partial charge is 0.480 e. The van der Waals surface area contributed by atoms with Gasteiger partial charge in [0.05, 0.1) is 13.1 Å². The van der Waals surface area contributed by atoms with Gasteiger partial charge in [0, 0.05) is 6.04 Å². The molecule has 0 aliphatic rings. The lowest BCUT2D eigenvalue weighted by molar-refractivity contribution is -0.138. The predicted molar refractivity (Wildman–Crippen MR) is 76.1 cm³/mol. The Morgan fingerprint density at radius 1 is 1.16 bits per heavy atom. The van der Waals surface area contributed by atoms with Crippen molar-refractivity contribution in [3.8, 4) is 0 Å². The number of carbonyl (C=O) groups is 2. The fraction of sp³-hybridized carbons (Fsp3) is 0.857. The van der Waals surface area contributed by atoms with Gasteiger partial charge >= 0.3 is 5.97 Å². The number of hydrogen-bond donors (Lipinski definition) is 2. The van der Waals surface area contributed by atoms with Crippen molar-refractivity contribution in [1.82, 2.24) is 10.2 Å². The number of carboxylic acids is 1. The van der Waals surface area contributed by atoms with Crippen molar-refractivity contribution in [1.29, 1.82) is 0 Å². The Kier molecular flexibility index (Phi) is 10.2. The number of rotatable bonds is 11. The molecule has 0 radical (unpaired) electrons. The molecule has 0 bridgehead atoms. The molecular weight excluding hydrogens is 244 g/mol. The molecule has 19 heavy (non-hydrogen) atoms. The molecule has 0 rings (SSSR count). The molecule has 0 aromatic rings. The quantitative estimate of drug-likeness (QED) is 0.563. The smallest absolute Gasteiger partial charge is 0.317 e. The summed E-state index contributed by atoms with van der Waals surface area (Å²) in [6.07, 6.45) is 5.29. The molecule has 0 aliphatic heterocycles. The van der Waals surface area contributed by atoms with Crippen molar-refractivity contribution in [2.24, 2.45) is 0 Å². The van der Waals surface area contributed by atoms with Crippen molar-refractivity contribution < 1.29 is 14.7 Å². The molecule has 0 aromatic heterocycles. The second kappa shape index (κ2) is 10.8. The summed E-state index contributed by atoms with van der Waals surface area (Å²) < 4.78 is 0. The van der Waals surface area contributed by atoms with Gasteiger partial charge in [0.15, 0.2) is 0 Å². The van der Waals surface area contributed by atoms with Crippen LogP contribution in [0.5, 0.6) is 0 Å². The van der Waals surface area contributed by atoms with Gasteiger partial charge in [0.1, 0.15) is 0 Å². The third-order valence-electron chi connectivity index (χ3n) is 2.91. The van der Waals surface area contributed by atoms with E-state index in [9.17, 15) is 9.59 Å². The first-order valence-corrected chi connectivity index (χ1v) is 7.23. The van der Waals surface area contributed by atoms with Gasteiger partial charge in [-0.2, -0.15) is 0 Å². The molecule has 0 fully saturated rings. The van der Waals surface area contributed by atoms with E-state index in [0.717, 1.165) is 19.3 Å². The molecule has 0 aliphatic carbocycles. The first-order valence-electron chi connectivity index (χ1n) is 7.23. The molecule has 0 spiro atoms. The fourth-order valence-electron chi connectivity index (χ4n) is 2.02. The summed E-state index contributed by atoms with van der Waals surface area (Å²) >= 11 is 0. The van der Waals surface area contributed by atoms with E-state index in [1.165, 1.54) is 12.8 Å². The fourth-order valence-corrected chi connectivity index (χ4v) is 2.02. The summed E-state index contributed by atoms with van der Waals surface area (Å²) in [6.45, 7) is 6.83.